The fourth-order valence-electron chi connectivity index (χ4n) is 2.34. The quantitative estimate of drug-likeness (QED) is 0.653. The number of hydrazine groups is 1. The second kappa shape index (κ2) is 6.74. The average molecular weight is 294 g/mol. The Morgan fingerprint density at radius 1 is 1.05 bits per heavy atom. The van der Waals surface area contributed by atoms with Crippen LogP contribution in [0.5, 0.6) is 0 Å². The summed E-state index contributed by atoms with van der Waals surface area (Å²) >= 11 is 0. The molecule has 0 aliphatic heterocycles. The summed E-state index contributed by atoms with van der Waals surface area (Å²) in [6.45, 7) is 2.07. The van der Waals surface area contributed by atoms with Crippen LogP contribution in [0.4, 0.5) is 13.2 Å². The Morgan fingerprint density at radius 3 is 2.10 bits per heavy atom. The molecule has 21 heavy (non-hydrogen) atoms. The van der Waals surface area contributed by atoms with Crippen LogP contribution in [0, 0.1) is 17.5 Å². The summed E-state index contributed by atoms with van der Waals surface area (Å²) in [7, 11) is 0. The predicted octanol–water partition coefficient (Wildman–Crippen LogP) is 3.61. The highest BCUT2D eigenvalue weighted by molar-refractivity contribution is 5.35. The van der Waals surface area contributed by atoms with Crippen LogP contribution in [0.3, 0.4) is 0 Å². The molecule has 0 aliphatic carbocycles. The van der Waals surface area contributed by atoms with E-state index in [2.05, 4.69) is 12.3 Å². The molecule has 0 saturated carbocycles. The predicted molar refractivity (Wildman–Crippen MR) is 75.9 cm³/mol. The van der Waals surface area contributed by atoms with Gasteiger partial charge in [0.25, 0.3) is 0 Å². The fraction of sp³-hybridized carbons (Fsp3) is 0.250. The zero-order valence-electron chi connectivity index (χ0n) is 11.7. The summed E-state index contributed by atoms with van der Waals surface area (Å²) in [6, 6.07) is 7.73. The third-order valence-corrected chi connectivity index (χ3v) is 3.35. The van der Waals surface area contributed by atoms with Crippen LogP contribution in [0.2, 0.25) is 0 Å². The van der Waals surface area contributed by atoms with Gasteiger partial charge in [-0.3, -0.25) is 5.84 Å². The monoisotopic (exact) mass is 294 g/mol. The third-order valence-electron chi connectivity index (χ3n) is 3.35. The summed E-state index contributed by atoms with van der Waals surface area (Å²) in [5.74, 6) is 2.55. The number of aryl methyl sites for hydroxylation is 1. The lowest BCUT2D eigenvalue weighted by atomic mass is 9.96. The number of hydrogen-bond donors (Lipinski definition) is 2. The topological polar surface area (TPSA) is 38.0 Å². The van der Waals surface area contributed by atoms with E-state index in [0.717, 1.165) is 18.4 Å². The molecular weight excluding hydrogens is 277 g/mol. The first kappa shape index (κ1) is 15.5. The van der Waals surface area contributed by atoms with Crippen molar-refractivity contribution < 1.29 is 13.2 Å². The van der Waals surface area contributed by atoms with Crippen LogP contribution >= 0.6 is 0 Å². The van der Waals surface area contributed by atoms with Crippen LogP contribution in [-0.2, 0) is 6.42 Å². The lowest BCUT2D eigenvalue weighted by Gasteiger charge is -2.18. The molecule has 2 aromatic carbocycles. The molecule has 2 rings (SSSR count). The molecule has 0 spiro atoms. The van der Waals surface area contributed by atoms with Crippen molar-refractivity contribution in [1.82, 2.24) is 5.43 Å². The van der Waals surface area contributed by atoms with E-state index in [4.69, 9.17) is 5.84 Å². The smallest absolute Gasteiger partial charge is 0.134 e. The largest absolute Gasteiger partial charge is 0.271 e. The molecule has 112 valence electrons. The maximum atomic E-state index is 13.9. The van der Waals surface area contributed by atoms with Crippen molar-refractivity contribution in [2.45, 2.75) is 25.8 Å². The Hall–Kier alpha value is -1.85. The summed E-state index contributed by atoms with van der Waals surface area (Å²) in [5.41, 5.74) is 3.84. The summed E-state index contributed by atoms with van der Waals surface area (Å²) in [6.07, 6.45) is 1.94. The molecule has 0 bridgehead atoms. The van der Waals surface area contributed by atoms with Crippen molar-refractivity contribution in [2.75, 3.05) is 0 Å². The molecule has 1 atom stereocenters. The van der Waals surface area contributed by atoms with E-state index in [-0.39, 0.29) is 5.56 Å². The standard InChI is InChI=1S/C16H17F3N2/c1-2-3-10-4-6-11(7-5-10)16(21-20)15-13(18)8-12(17)9-14(15)19/h4-9,16,21H,2-3,20H2,1H3. The molecule has 0 amide bonds. The summed E-state index contributed by atoms with van der Waals surface area (Å²) in [5, 5.41) is 0. The van der Waals surface area contributed by atoms with Crippen LogP contribution in [-0.4, -0.2) is 0 Å². The number of benzene rings is 2. The van der Waals surface area contributed by atoms with Crippen LogP contribution < -0.4 is 11.3 Å². The zero-order valence-corrected chi connectivity index (χ0v) is 11.7. The normalized spacial score (nSPS) is 12.4. The Balaban J connectivity index is 2.40. The van der Waals surface area contributed by atoms with E-state index in [1.165, 1.54) is 0 Å². The van der Waals surface area contributed by atoms with Crippen molar-refractivity contribution >= 4 is 0 Å². The van der Waals surface area contributed by atoms with Crippen LogP contribution in [0.1, 0.15) is 36.1 Å². The van der Waals surface area contributed by atoms with Gasteiger partial charge in [-0.2, -0.15) is 0 Å². The van der Waals surface area contributed by atoms with Crippen molar-refractivity contribution in [3.63, 3.8) is 0 Å². The average Bonchev–Trinajstić information content (AvgIpc) is 2.44. The van der Waals surface area contributed by atoms with Gasteiger partial charge in [0, 0.05) is 17.7 Å². The molecule has 0 radical (unpaired) electrons. The molecule has 0 aromatic heterocycles. The SMILES string of the molecule is CCCc1ccc(C(NN)c2c(F)cc(F)cc2F)cc1. The van der Waals surface area contributed by atoms with Crippen molar-refractivity contribution in [2.24, 2.45) is 5.84 Å². The number of nitrogens with two attached hydrogens (primary N) is 1. The molecule has 2 aromatic rings. The van der Waals surface area contributed by atoms with Crippen LogP contribution in [0.25, 0.3) is 0 Å². The number of nitrogens with one attached hydrogen (secondary N) is 1. The van der Waals surface area contributed by atoms with Gasteiger partial charge in [-0.05, 0) is 17.5 Å². The van der Waals surface area contributed by atoms with E-state index in [9.17, 15) is 13.2 Å². The van der Waals surface area contributed by atoms with E-state index in [0.29, 0.717) is 17.7 Å². The van der Waals surface area contributed by atoms with E-state index in [1.807, 2.05) is 12.1 Å². The fourth-order valence-corrected chi connectivity index (χ4v) is 2.34. The van der Waals surface area contributed by atoms with Gasteiger partial charge < -0.3 is 0 Å². The van der Waals surface area contributed by atoms with Gasteiger partial charge in [0.05, 0.1) is 6.04 Å². The van der Waals surface area contributed by atoms with Gasteiger partial charge in [0.1, 0.15) is 17.5 Å². The van der Waals surface area contributed by atoms with Gasteiger partial charge in [0.2, 0.25) is 0 Å². The van der Waals surface area contributed by atoms with E-state index >= 15 is 0 Å². The third kappa shape index (κ3) is 3.43. The van der Waals surface area contributed by atoms with Crippen molar-refractivity contribution in [1.29, 1.82) is 0 Å². The Kier molecular flexibility index (Phi) is 4.98. The molecule has 2 nitrogen and oxygen atoms in total. The molecule has 0 heterocycles. The van der Waals surface area contributed by atoms with Gasteiger partial charge in [0.15, 0.2) is 0 Å². The zero-order chi connectivity index (χ0) is 15.4. The first-order chi connectivity index (χ1) is 10.1. The summed E-state index contributed by atoms with van der Waals surface area (Å²) in [4.78, 5) is 0. The van der Waals surface area contributed by atoms with Crippen molar-refractivity contribution in [3.8, 4) is 0 Å². The molecule has 0 aliphatic rings. The highest BCUT2D eigenvalue weighted by Crippen LogP contribution is 2.27. The Bertz CT molecular complexity index is 588. The van der Waals surface area contributed by atoms with E-state index < -0.39 is 23.5 Å². The maximum absolute atomic E-state index is 13.9. The molecular formula is C16H17F3N2. The summed E-state index contributed by atoms with van der Waals surface area (Å²) < 4.78 is 40.7. The molecule has 5 heteroatoms. The molecule has 3 N–H and O–H groups in total. The highest BCUT2D eigenvalue weighted by Gasteiger charge is 2.22. The lowest BCUT2D eigenvalue weighted by molar-refractivity contribution is 0.492. The van der Waals surface area contributed by atoms with Gasteiger partial charge in [-0.15, -0.1) is 0 Å². The minimum absolute atomic E-state index is 0.290. The number of rotatable bonds is 5. The number of hydrogen-bond acceptors (Lipinski definition) is 2. The second-order valence-corrected chi connectivity index (χ2v) is 4.87. The number of halogens is 3. The van der Waals surface area contributed by atoms with Crippen molar-refractivity contribution in [3.05, 3.63) is 70.5 Å². The van der Waals surface area contributed by atoms with Gasteiger partial charge in [-0.1, -0.05) is 37.6 Å². The second-order valence-electron chi connectivity index (χ2n) is 4.87. The van der Waals surface area contributed by atoms with E-state index in [1.54, 1.807) is 12.1 Å². The molecule has 0 fully saturated rings. The maximum Gasteiger partial charge on any atom is 0.134 e. The lowest BCUT2D eigenvalue weighted by Crippen LogP contribution is -2.30. The first-order valence-corrected chi connectivity index (χ1v) is 6.76. The van der Waals surface area contributed by atoms with Gasteiger partial charge >= 0.3 is 0 Å². The molecule has 1 unspecified atom stereocenters. The Labute approximate surface area is 121 Å². The first-order valence-electron chi connectivity index (χ1n) is 6.76. The Morgan fingerprint density at radius 2 is 1.62 bits per heavy atom. The minimum Gasteiger partial charge on any atom is -0.271 e. The van der Waals surface area contributed by atoms with Crippen LogP contribution in [0.15, 0.2) is 36.4 Å². The van der Waals surface area contributed by atoms with Gasteiger partial charge in [-0.25, -0.2) is 18.6 Å². The molecule has 0 saturated heterocycles. The minimum atomic E-state index is -0.965. The highest BCUT2D eigenvalue weighted by atomic mass is 19.1.